The van der Waals surface area contributed by atoms with Crippen molar-refractivity contribution >= 4 is 27.5 Å². The van der Waals surface area contributed by atoms with Crippen molar-refractivity contribution in [2.45, 2.75) is 51.6 Å². The molecular weight excluding hydrogens is 338 g/mol. The number of fused-ring (bicyclic) bond motifs is 1. The Morgan fingerprint density at radius 2 is 2.16 bits per heavy atom. The molecule has 1 aliphatic rings. The molecule has 0 saturated heterocycles. The fourth-order valence-corrected chi connectivity index (χ4v) is 4.32. The topological polar surface area (TPSA) is 73.2 Å². The smallest absolute Gasteiger partial charge is 0.262 e. The number of aryl methyl sites for hydroxylation is 2. The van der Waals surface area contributed by atoms with Crippen LogP contribution >= 0.6 is 11.3 Å². The Morgan fingerprint density at radius 3 is 2.92 bits per heavy atom. The first-order valence-corrected chi connectivity index (χ1v) is 9.74. The SMILES string of the molecule is Cc1c(C(=O)NCCCOC2CCCCC2)sc2ncn(C)c(=O)c12. The molecule has 2 heterocycles. The fraction of sp³-hybridized carbons (Fsp3) is 0.611. The Balaban J connectivity index is 1.53. The highest BCUT2D eigenvalue weighted by Crippen LogP contribution is 2.26. The maximum atomic E-state index is 12.4. The van der Waals surface area contributed by atoms with E-state index in [1.165, 1.54) is 41.5 Å². The molecule has 2 aromatic rings. The van der Waals surface area contributed by atoms with Gasteiger partial charge in [-0.05, 0) is 31.7 Å². The van der Waals surface area contributed by atoms with E-state index >= 15 is 0 Å². The molecule has 0 aliphatic heterocycles. The second-order valence-electron chi connectivity index (χ2n) is 6.64. The van der Waals surface area contributed by atoms with E-state index in [1.807, 2.05) is 6.92 Å². The summed E-state index contributed by atoms with van der Waals surface area (Å²) in [6, 6.07) is 0. The molecule has 1 aliphatic carbocycles. The molecule has 1 amide bonds. The van der Waals surface area contributed by atoms with E-state index < -0.39 is 0 Å². The van der Waals surface area contributed by atoms with Crippen LogP contribution in [0.25, 0.3) is 10.2 Å². The molecule has 1 saturated carbocycles. The Kier molecular flexibility index (Phi) is 5.86. The number of hydrogen-bond acceptors (Lipinski definition) is 5. The lowest BCUT2D eigenvalue weighted by molar-refractivity contribution is 0.0273. The third kappa shape index (κ3) is 4.10. The van der Waals surface area contributed by atoms with Gasteiger partial charge in [0, 0.05) is 20.2 Å². The van der Waals surface area contributed by atoms with Gasteiger partial charge in [0.15, 0.2) is 0 Å². The fourth-order valence-electron chi connectivity index (χ4n) is 3.26. The lowest BCUT2D eigenvalue weighted by Gasteiger charge is -2.21. The average Bonchev–Trinajstić information content (AvgIpc) is 2.96. The van der Waals surface area contributed by atoms with Crippen LogP contribution in [0, 0.1) is 6.92 Å². The molecule has 0 atom stereocenters. The van der Waals surface area contributed by atoms with Crippen LogP contribution in [0.2, 0.25) is 0 Å². The minimum absolute atomic E-state index is 0.112. The largest absolute Gasteiger partial charge is 0.378 e. The van der Waals surface area contributed by atoms with Gasteiger partial charge in [0.1, 0.15) is 4.83 Å². The van der Waals surface area contributed by atoms with Crippen LogP contribution in [0.1, 0.15) is 53.8 Å². The number of amides is 1. The number of rotatable bonds is 6. The molecule has 0 bridgehead atoms. The molecule has 0 spiro atoms. The Morgan fingerprint density at radius 1 is 1.40 bits per heavy atom. The van der Waals surface area contributed by atoms with Gasteiger partial charge in [0.25, 0.3) is 11.5 Å². The van der Waals surface area contributed by atoms with Crippen molar-refractivity contribution in [3.05, 3.63) is 27.1 Å². The van der Waals surface area contributed by atoms with Crippen LogP contribution in [0.15, 0.2) is 11.1 Å². The minimum atomic E-state index is -0.139. The van der Waals surface area contributed by atoms with Gasteiger partial charge in [-0.1, -0.05) is 19.3 Å². The normalized spacial score (nSPS) is 15.6. The van der Waals surface area contributed by atoms with E-state index in [9.17, 15) is 9.59 Å². The summed E-state index contributed by atoms with van der Waals surface area (Å²) in [6.07, 6.45) is 8.86. The summed E-state index contributed by atoms with van der Waals surface area (Å²) in [6.45, 7) is 3.06. The first-order valence-electron chi connectivity index (χ1n) is 8.92. The van der Waals surface area contributed by atoms with Crippen LogP contribution in [-0.2, 0) is 11.8 Å². The van der Waals surface area contributed by atoms with Gasteiger partial charge in [-0.25, -0.2) is 4.98 Å². The van der Waals surface area contributed by atoms with E-state index in [2.05, 4.69) is 10.3 Å². The number of carbonyl (C=O) groups is 1. The standard InChI is InChI=1S/C18H25N3O3S/c1-12-14-17(20-11-21(2)18(14)23)25-15(12)16(22)19-9-6-10-24-13-7-4-3-5-8-13/h11,13H,3-10H2,1-2H3,(H,19,22). The lowest BCUT2D eigenvalue weighted by atomic mass is 9.98. The highest BCUT2D eigenvalue weighted by Gasteiger charge is 2.19. The maximum Gasteiger partial charge on any atom is 0.262 e. The summed E-state index contributed by atoms with van der Waals surface area (Å²) in [7, 11) is 1.66. The van der Waals surface area contributed by atoms with Crippen molar-refractivity contribution in [2.24, 2.45) is 7.05 Å². The van der Waals surface area contributed by atoms with Gasteiger partial charge >= 0.3 is 0 Å². The first kappa shape index (κ1) is 18.1. The van der Waals surface area contributed by atoms with Crippen LogP contribution in [0.5, 0.6) is 0 Å². The Labute approximate surface area is 151 Å². The Hall–Kier alpha value is -1.73. The van der Waals surface area contributed by atoms with E-state index in [-0.39, 0.29) is 11.5 Å². The van der Waals surface area contributed by atoms with E-state index in [0.29, 0.717) is 39.9 Å². The zero-order valence-corrected chi connectivity index (χ0v) is 15.7. The van der Waals surface area contributed by atoms with Gasteiger partial charge in [-0.3, -0.25) is 9.59 Å². The molecule has 2 aromatic heterocycles. The van der Waals surface area contributed by atoms with Gasteiger partial charge in [0.05, 0.1) is 22.7 Å². The third-order valence-electron chi connectivity index (χ3n) is 4.73. The molecule has 0 unspecified atom stereocenters. The monoisotopic (exact) mass is 363 g/mol. The zero-order chi connectivity index (χ0) is 17.8. The average molecular weight is 363 g/mol. The second-order valence-corrected chi connectivity index (χ2v) is 7.64. The maximum absolute atomic E-state index is 12.4. The third-order valence-corrected chi connectivity index (χ3v) is 5.93. The quantitative estimate of drug-likeness (QED) is 0.801. The summed E-state index contributed by atoms with van der Waals surface area (Å²) in [4.78, 5) is 30.1. The molecule has 6 nitrogen and oxygen atoms in total. The zero-order valence-electron chi connectivity index (χ0n) is 14.8. The van der Waals surface area contributed by atoms with Crippen molar-refractivity contribution in [1.29, 1.82) is 0 Å². The van der Waals surface area contributed by atoms with E-state index in [0.717, 1.165) is 19.3 Å². The molecule has 1 N–H and O–H groups in total. The van der Waals surface area contributed by atoms with Crippen LogP contribution in [-0.4, -0.2) is 34.7 Å². The Bertz CT molecular complexity index is 806. The predicted octanol–water partition coefficient (Wildman–Crippen LogP) is 2.77. The number of thiophene rings is 1. The van der Waals surface area contributed by atoms with Crippen molar-refractivity contribution < 1.29 is 9.53 Å². The van der Waals surface area contributed by atoms with E-state index in [1.54, 1.807) is 7.05 Å². The first-order chi connectivity index (χ1) is 12.1. The summed E-state index contributed by atoms with van der Waals surface area (Å²) in [5.74, 6) is -0.139. The molecular formula is C18H25N3O3S. The van der Waals surface area contributed by atoms with Gasteiger partial charge in [-0.15, -0.1) is 11.3 Å². The lowest BCUT2D eigenvalue weighted by Crippen LogP contribution is -2.26. The molecule has 1 fully saturated rings. The van der Waals surface area contributed by atoms with Crippen molar-refractivity contribution in [3.63, 3.8) is 0 Å². The highest BCUT2D eigenvalue weighted by atomic mass is 32.1. The van der Waals surface area contributed by atoms with E-state index in [4.69, 9.17) is 4.74 Å². The number of carbonyl (C=O) groups excluding carboxylic acids is 1. The molecule has 0 aromatic carbocycles. The molecule has 7 heteroatoms. The highest BCUT2D eigenvalue weighted by molar-refractivity contribution is 7.20. The number of hydrogen-bond donors (Lipinski definition) is 1. The summed E-state index contributed by atoms with van der Waals surface area (Å²) in [5, 5.41) is 3.47. The van der Waals surface area contributed by atoms with Crippen molar-refractivity contribution in [3.8, 4) is 0 Å². The van der Waals surface area contributed by atoms with Gasteiger partial charge < -0.3 is 14.6 Å². The van der Waals surface area contributed by atoms with Gasteiger partial charge in [-0.2, -0.15) is 0 Å². The van der Waals surface area contributed by atoms with Crippen LogP contribution in [0.4, 0.5) is 0 Å². The number of nitrogens with one attached hydrogen (secondary N) is 1. The molecule has 0 radical (unpaired) electrons. The second kappa shape index (κ2) is 8.10. The summed E-state index contributed by atoms with van der Waals surface area (Å²) < 4.78 is 7.31. The summed E-state index contributed by atoms with van der Waals surface area (Å²) in [5.41, 5.74) is 0.600. The van der Waals surface area contributed by atoms with Crippen molar-refractivity contribution in [1.82, 2.24) is 14.9 Å². The predicted molar refractivity (Wildman–Crippen MR) is 99.4 cm³/mol. The molecule has 25 heavy (non-hydrogen) atoms. The number of ether oxygens (including phenoxy) is 1. The minimum Gasteiger partial charge on any atom is -0.378 e. The molecule has 3 rings (SSSR count). The van der Waals surface area contributed by atoms with Crippen molar-refractivity contribution in [2.75, 3.05) is 13.2 Å². The number of nitrogens with zero attached hydrogens (tertiary/aromatic N) is 2. The number of aromatic nitrogens is 2. The molecule has 136 valence electrons. The van der Waals surface area contributed by atoms with Gasteiger partial charge in [0.2, 0.25) is 0 Å². The van der Waals surface area contributed by atoms with Crippen LogP contribution < -0.4 is 10.9 Å². The summed E-state index contributed by atoms with van der Waals surface area (Å²) >= 11 is 1.27. The van der Waals surface area contributed by atoms with Crippen LogP contribution in [0.3, 0.4) is 0 Å².